The predicted molar refractivity (Wildman–Crippen MR) is 83.0 cm³/mol. The van der Waals surface area contributed by atoms with E-state index >= 15 is 0 Å². The quantitative estimate of drug-likeness (QED) is 0.514. The van der Waals surface area contributed by atoms with E-state index in [4.69, 9.17) is 10.6 Å². The van der Waals surface area contributed by atoms with Gasteiger partial charge in [-0.2, -0.15) is 15.0 Å². The highest BCUT2D eigenvalue weighted by Gasteiger charge is 2.06. The summed E-state index contributed by atoms with van der Waals surface area (Å²) in [6, 6.07) is 4.37. The third-order valence-corrected chi connectivity index (χ3v) is 3.98. The average Bonchev–Trinajstić information content (AvgIpc) is 2.84. The minimum absolute atomic E-state index is 0.247. The SMILES string of the molecule is CCOc1nc(NN)nc(NCCc2ccc(Br)s2)n1. The maximum Gasteiger partial charge on any atom is 0.323 e. The highest BCUT2D eigenvalue weighted by Crippen LogP contribution is 2.22. The second-order valence-electron chi connectivity index (χ2n) is 3.73. The van der Waals surface area contributed by atoms with Gasteiger partial charge in [0.1, 0.15) is 0 Å². The first-order chi connectivity index (χ1) is 9.71. The van der Waals surface area contributed by atoms with Crippen molar-refractivity contribution in [3.05, 3.63) is 20.8 Å². The van der Waals surface area contributed by atoms with Crippen LogP contribution in [-0.4, -0.2) is 28.1 Å². The van der Waals surface area contributed by atoms with Crippen LogP contribution in [0.25, 0.3) is 0 Å². The molecule has 7 nitrogen and oxygen atoms in total. The molecular formula is C11H15BrN6OS. The number of rotatable bonds is 7. The number of nitrogens with two attached hydrogens (primary N) is 1. The highest BCUT2D eigenvalue weighted by molar-refractivity contribution is 9.11. The highest BCUT2D eigenvalue weighted by atomic mass is 79.9. The largest absolute Gasteiger partial charge is 0.464 e. The number of aromatic nitrogens is 3. The number of nitrogen functional groups attached to an aromatic ring is 1. The molecule has 0 aliphatic rings. The van der Waals surface area contributed by atoms with Gasteiger partial charge in [0, 0.05) is 11.4 Å². The zero-order valence-corrected chi connectivity index (χ0v) is 13.3. The molecule has 0 radical (unpaired) electrons. The topological polar surface area (TPSA) is 98.0 Å². The zero-order chi connectivity index (χ0) is 14.4. The van der Waals surface area contributed by atoms with Crippen molar-refractivity contribution in [2.24, 2.45) is 5.84 Å². The van der Waals surface area contributed by atoms with Gasteiger partial charge in [-0.05, 0) is 41.4 Å². The van der Waals surface area contributed by atoms with Crippen molar-refractivity contribution >= 4 is 39.2 Å². The van der Waals surface area contributed by atoms with E-state index in [-0.39, 0.29) is 12.0 Å². The molecule has 0 aliphatic heterocycles. The fraction of sp³-hybridized carbons (Fsp3) is 0.364. The van der Waals surface area contributed by atoms with Gasteiger partial charge < -0.3 is 10.1 Å². The van der Waals surface area contributed by atoms with Crippen molar-refractivity contribution in [2.75, 3.05) is 23.9 Å². The number of halogens is 1. The molecule has 0 saturated heterocycles. The Morgan fingerprint density at radius 2 is 2.10 bits per heavy atom. The van der Waals surface area contributed by atoms with E-state index < -0.39 is 0 Å². The van der Waals surface area contributed by atoms with Crippen molar-refractivity contribution in [1.82, 2.24) is 15.0 Å². The van der Waals surface area contributed by atoms with E-state index in [1.807, 2.05) is 13.0 Å². The van der Waals surface area contributed by atoms with Crippen LogP contribution >= 0.6 is 27.3 Å². The first kappa shape index (κ1) is 14.9. The van der Waals surface area contributed by atoms with Crippen LogP contribution in [-0.2, 0) is 6.42 Å². The molecule has 2 heterocycles. The van der Waals surface area contributed by atoms with E-state index in [2.05, 4.69) is 47.7 Å². The molecule has 0 unspecified atom stereocenters. The molecule has 0 aromatic carbocycles. The lowest BCUT2D eigenvalue weighted by Gasteiger charge is -2.08. The first-order valence-electron chi connectivity index (χ1n) is 6.05. The van der Waals surface area contributed by atoms with Gasteiger partial charge in [-0.15, -0.1) is 11.3 Å². The Kier molecular flexibility index (Phi) is 5.50. The molecule has 2 rings (SSSR count). The molecule has 0 atom stereocenters. The number of nitrogens with zero attached hydrogens (tertiary/aromatic N) is 3. The van der Waals surface area contributed by atoms with E-state index in [0.717, 1.165) is 10.2 Å². The standard InChI is InChI=1S/C11H15BrN6OS/c1-2-19-11-16-9(15-10(17-11)18-13)14-6-5-7-3-4-8(12)20-7/h3-4H,2,5-6,13H2,1H3,(H2,14,15,16,17,18). The van der Waals surface area contributed by atoms with Crippen LogP contribution in [0.5, 0.6) is 6.01 Å². The van der Waals surface area contributed by atoms with Gasteiger partial charge in [0.2, 0.25) is 11.9 Å². The van der Waals surface area contributed by atoms with E-state index in [1.54, 1.807) is 11.3 Å². The third kappa shape index (κ3) is 4.29. The normalized spacial score (nSPS) is 10.3. The first-order valence-corrected chi connectivity index (χ1v) is 7.65. The summed E-state index contributed by atoms with van der Waals surface area (Å²) in [5.74, 6) is 6.02. The lowest BCUT2D eigenvalue weighted by atomic mass is 10.3. The Labute approximate surface area is 129 Å². The Hall–Kier alpha value is -1.45. The zero-order valence-electron chi connectivity index (χ0n) is 10.9. The van der Waals surface area contributed by atoms with Gasteiger partial charge in [0.15, 0.2) is 0 Å². The number of hydrazine groups is 1. The summed E-state index contributed by atoms with van der Waals surface area (Å²) in [6.07, 6.45) is 0.886. The fourth-order valence-corrected chi connectivity index (χ4v) is 2.96. The van der Waals surface area contributed by atoms with Gasteiger partial charge in [-0.25, -0.2) is 5.84 Å². The Bertz CT molecular complexity index is 564. The Morgan fingerprint density at radius 3 is 2.75 bits per heavy atom. The van der Waals surface area contributed by atoms with E-state index in [1.165, 1.54) is 4.88 Å². The number of hydrogen-bond acceptors (Lipinski definition) is 8. The molecule has 0 fully saturated rings. The summed E-state index contributed by atoms with van der Waals surface area (Å²) in [5, 5.41) is 3.13. The lowest BCUT2D eigenvalue weighted by Crippen LogP contribution is -2.15. The maximum absolute atomic E-state index is 5.32. The smallest absolute Gasteiger partial charge is 0.323 e. The Morgan fingerprint density at radius 1 is 1.30 bits per heavy atom. The molecule has 2 aromatic rings. The predicted octanol–water partition coefficient (Wildman–Crippen LogP) is 2.03. The van der Waals surface area contributed by atoms with Gasteiger partial charge in [0.25, 0.3) is 0 Å². The molecule has 0 aliphatic carbocycles. The molecule has 0 spiro atoms. The fourth-order valence-electron chi connectivity index (χ4n) is 1.48. The molecule has 0 bridgehead atoms. The van der Waals surface area contributed by atoms with Crippen molar-refractivity contribution in [2.45, 2.75) is 13.3 Å². The Balaban J connectivity index is 1.95. The summed E-state index contributed by atoms with van der Waals surface area (Å²) in [7, 11) is 0. The summed E-state index contributed by atoms with van der Waals surface area (Å²) in [4.78, 5) is 13.5. The van der Waals surface area contributed by atoms with Crippen LogP contribution in [0, 0.1) is 0 Å². The number of ether oxygens (including phenoxy) is 1. The average molecular weight is 359 g/mol. The summed E-state index contributed by atoms with van der Waals surface area (Å²) in [5.41, 5.74) is 2.39. The van der Waals surface area contributed by atoms with Gasteiger partial charge >= 0.3 is 6.01 Å². The minimum atomic E-state index is 0.247. The van der Waals surface area contributed by atoms with Crippen molar-refractivity contribution in [3.63, 3.8) is 0 Å². The number of nitrogens with one attached hydrogen (secondary N) is 2. The molecule has 20 heavy (non-hydrogen) atoms. The van der Waals surface area contributed by atoms with Crippen LogP contribution in [0.1, 0.15) is 11.8 Å². The van der Waals surface area contributed by atoms with E-state index in [9.17, 15) is 0 Å². The summed E-state index contributed by atoms with van der Waals surface area (Å²) in [6.45, 7) is 3.06. The summed E-state index contributed by atoms with van der Waals surface area (Å²) < 4.78 is 6.38. The number of anilines is 2. The van der Waals surface area contributed by atoms with Crippen molar-refractivity contribution < 1.29 is 4.74 Å². The second kappa shape index (κ2) is 7.36. The van der Waals surface area contributed by atoms with Gasteiger partial charge in [-0.1, -0.05) is 0 Å². The van der Waals surface area contributed by atoms with Crippen molar-refractivity contribution in [1.29, 1.82) is 0 Å². The van der Waals surface area contributed by atoms with Crippen LogP contribution in [0.4, 0.5) is 11.9 Å². The number of thiophene rings is 1. The maximum atomic E-state index is 5.32. The molecule has 0 amide bonds. The third-order valence-electron chi connectivity index (χ3n) is 2.30. The van der Waals surface area contributed by atoms with Crippen molar-refractivity contribution in [3.8, 4) is 6.01 Å². The van der Waals surface area contributed by atoms with E-state index in [0.29, 0.717) is 19.1 Å². The molecule has 2 aromatic heterocycles. The van der Waals surface area contributed by atoms with Gasteiger partial charge in [0.05, 0.1) is 10.4 Å². The second-order valence-corrected chi connectivity index (χ2v) is 6.27. The summed E-state index contributed by atoms with van der Waals surface area (Å²) >= 11 is 5.15. The molecule has 4 N–H and O–H groups in total. The van der Waals surface area contributed by atoms with Gasteiger partial charge in [-0.3, -0.25) is 5.43 Å². The number of hydrogen-bond donors (Lipinski definition) is 3. The lowest BCUT2D eigenvalue weighted by molar-refractivity contribution is 0.312. The molecule has 108 valence electrons. The van der Waals surface area contributed by atoms with Crippen LogP contribution < -0.4 is 21.3 Å². The van der Waals surface area contributed by atoms with Crippen LogP contribution in [0.2, 0.25) is 0 Å². The molecule has 9 heteroatoms. The molecule has 0 saturated carbocycles. The van der Waals surface area contributed by atoms with Crippen LogP contribution in [0.3, 0.4) is 0 Å². The monoisotopic (exact) mass is 358 g/mol. The molecular weight excluding hydrogens is 344 g/mol. The van der Waals surface area contributed by atoms with Crippen LogP contribution in [0.15, 0.2) is 15.9 Å². The minimum Gasteiger partial charge on any atom is -0.464 e.